The van der Waals surface area contributed by atoms with E-state index in [0.29, 0.717) is 10.6 Å². The minimum atomic E-state index is -3.20. The first-order valence-electron chi connectivity index (χ1n) is 10.7. The number of amides is 2. The van der Waals surface area contributed by atoms with Gasteiger partial charge in [0.25, 0.3) is 0 Å². The van der Waals surface area contributed by atoms with Gasteiger partial charge in [0.05, 0.1) is 28.0 Å². The summed E-state index contributed by atoms with van der Waals surface area (Å²) in [6.07, 6.45) is -0.229. The summed E-state index contributed by atoms with van der Waals surface area (Å²) in [6, 6.07) is 5.15. The molecular weight excluding hydrogens is 581 g/mol. The molecule has 0 saturated carbocycles. The van der Waals surface area contributed by atoms with E-state index in [1.54, 1.807) is 27.7 Å². The van der Waals surface area contributed by atoms with Crippen LogP contribution in [-0.2, 0) is 24.9 Å². The fraction of sp³-hybridized carbons (Fsp3) is 0.591. The average Bonchev–Trinajstić information content (AvgIpc) is 2.64. The van der Waals surface area contributed by atoms with E-state index in [2.05, 4.69) is 32.9 Å². The quantitative estimate of drug-likeness (QED) is 0.503. The zero-order chi connectivity index (χ0) is 24.8. The molecule has 2 aliphatic heterocycles. The number of hydrogen-bond acceptors (Lipinski definition) is 5. The Balaban J connectivity index is 2.02. The standard InChI is InChI=1S/C22H29ClIN3O5S/c1-13-11-14(9-10-33(13,30)31)27-17(28)12-22(5,15-7-6-8-16(24)18(15)23)26-19(27)25-20(29)32-21(2,3)4/h6-8,13-14H,9-12H2,1-5H3,(H,25,26,29)/t13?,14?,22-/m0/s1. The number of carbonyl (C=O) groups excluding carboxylic acids is 2. The molecular formula is C22H29ClIN3O5S. The Kier molecular flexibility index (Phi) is 7.41. The number of benzene rings is 1. The zero-order valence-electron chi connectivity index (χ0n) is 19.3. The van der Waals surface area contributed by atoms with Gasteiger partial charge in [-0.1, -0.05) is 23.7 Å². The van der Waals surface area contributed by atoms with Gasteiger partial charge < -0.3 is 10.1 Å². The van der Waals surface area contributed by atoms with E-state index in [-0.39, 0.29) is 36.9 Å². The second kappa shape index (κ2) is 9.33. The summed E-state index contributed by atoms with van der Waals surface area (Å²) >= 11 is 8.70. The highest BCUT2D eigenvalue weighted by Gasteiger charge is 2.46. The van der Waals surface area contributed by atoms with Crippen molar-refractivity contribution in [2.45, 2.75) is 76.3 Å². The highest BCUT2D eigenvalue weighted by atomic mass is 127. The molecule has 0 aliphatic carbocycles. The number of guanidine groups is 1. The van der Waals surface area contributed by atoms with Crippen LogP contribution in [0.3, 0.4) is 0 Å². The predicted molar refractivity (Wildman–Crippen MR) is 136 cm³/mol. The van der Waals surface area contributed by atoms with Crippen LogP contribution >= 0.6 is 34.2 Å². The molecule has 2 heterocycles. The molecule has 11 heteroatoms. The first kappa shape index (κ1) is 26.2. The number of halogens is 2. The van der Waals surface area contributed by atoms with Gasteiger partial charge in [0.15, 0.2) is 9.84 Å². The molecule has 182 valence electrons. The van der Waals surface area contributed by atoms with Crippen LogP contribution in [0.2, 0.25) is 5.02 Å². The highest BCUT2D eigenvalue weighted by molar-refractivity contribution is 14.1. The SMILES string of the molecule is CC1CC(N2C(=O)C[C@@](C)(c3cccc(I)c3Cl)N/C2=N\C(=O)OC(C)(C)C)CCS1(=O)=O. The van der Waals surface area contributed by atoms with E-state index in [9.17, 15) is 18.0 Å². The van der Waals surface area contributed by atoms with Crippen molar-refractivity contribution in [2.75, 3.05) is 5.75 Å². The summed E-state index contributed by atoms with van der Waals surface area (Å²) in [5, 5.41) is 3.19. The van der Waals surface area contributed by atoms with E-state index in [1.807, 2.05) is 25.1 Å². The Labute approximate surface area is 213 Å². The third kappa shape index (κ3) is 5.82. The van der Waals surface area contributed by atoms with Crippen LogP contribution in [0.1, 0.15) is 59.4 Å². The number of rotatable bonds is 2. The summed E-state index contributed by atoms with van der Waals surface area (Å²) < 4.78 is 30.6. The molecule has 0 aromatic heterocycles. The predicted octanol–water partition coefficient (Wildman–Crippen LogP) is 4.24. The molecule has 2 unspecified atom stereocenters. The van der Waals surface area contributed by atoms with Gasteiger partial charge in [-0.25, -0.2) is 13.2 Å². The van der Waals surface area contributed by atoms with Gasteiger partial charge in [-0.3, -0.25) is 9.69 Å². The Hall–Kier alpha value is -1.40. The van der Waals surface area contributed by atoms with Crippen molar-refractivity contribution in [1.82, 2.24) is 10.2 Å². The normalized spacial score (nSPS) is 29.0. The molecule has 33 heavy (non-hydrogen) atoms. The molecule has 0 radical (unpaired) electrons. The van der Waals surface area contributed by atoms with E-state index in [0.717, 1.165) is 3.57 Å². The molecule has 3 atom stereocenters. The Bertz CT molecular complexity index is 1100. The molecule has 2 fully saturated rings. The summed E-state index contributed by atoms with van der Waals surface area (Å²) in [6.45, 7) is 8.66. The topological polar surface area (TPSA) is 105 Å². The van der Waals surface area contributed by atoms with Gasteiger partial charge in [0.2, 0.25) is 11.9 Å². The second-order valence-corrected chi connectivity index (χ2v) is 13.8. The summed E-state index contributed by atoms with van der Waals surface area (Å²) in [4.78, 5) is 31.6. The van der Waals surface area contributed by atoms with Gasteiger partial charge >= 0.3 is 6.09 Å². The first-order valence-corrected chi connectivity index (χ1v) is 13.9. The molecule has 1 N–H and O–H groups in total. The van der Waals surface area contributed by atoms with Crippen molar-refractivity contribution >= 4 is 62.0 Å². The number of aliphatic imine (C=N–C) groups is 1. The molecule has 3 rings (SSSR count). The third-order valence-corrected chi connectivity index (χ3v) is 9.69. The molecule has 0 spiro atoms. The largest absolute Gasteiger partial charge is 0.442 e. The zero-order valence-corrected chi connectivity index (χ0v) is 23.0. The van der Waals surface area contributed by atoms with E-state index in [4.69, 9.17) is 16.3 Å². The van der Waals surface area contributed by atoms with Crippen LogP contribution in [0.5, 0.6) is 0 Å². The van der Waals surface area contributed by atoms with Gasteiger partial charge in [-0.2, -0.15) is 0 Å². The Morgan fingerprint density at radius 3 is 2.64 bits per heavy atom. The Morgan fingerprint density at radius 1 is 1.36 bits per heavy atom. The number of sulfone groups is 1. The molecule has 2 aliphatic rings. The number of carbonyl (C=O) groups is 2. The maximum atomic E-state index is 13.5. The monoisotopic (exact) mass is 609 g/mol. The Morgan fingerprint density at radius 2 is 2.03 bits per heavy atom. The van der Waals surface area contributed by atoms with Crippen LogP contribution in [0.4, 0.5) is 4.79 Å². The van der Waals surface area contributed by atoms with Gasteiger partial charge in [0.1, 0.15) is 5.60 Å². The number of nitrogens with one attached hydrogen (secondary N) is 1. The van der Waals surface area contributed by atoms with Crippen LogP contribution in [-0.4, -0.2) is 53.9 Å². The molecule has 0 bridgehead atoms. The van der Waals surface area contributed by atoms with E-state index in [1.165, 1.54) is 4.90 Å². The minimum absolute atomic E-state index is 0.0255. The third-order valence-electron chi connectivity index (χ3n) is 5.84. The maximum absolute atomic E-state index is 13.5. The minimum Gasteiger partial charge on any atom is -0.442 e. The summed E-state index contributed by atoms with van der Waals surface area (Å²) in [5.41, 5.74) is -0.972. The lowest BCUT2D eigenvalue weighted by atomic mass is 9.86. The molecule has 2 amide bonds. The van der Waals surface area contributed by atoms with Gasteiger partial charge in [-0.05, 0) is 81.7 Å². The van der Waals surface area contributed by atoms with Crippen molar-refractivity contribution in [3.63, 3.8) is 0 Å². The summed E-state index contributed by atoms with van der Waals surface area (Å²) in [5.74, 6) is -0.234. The fourth-order valence-corrected chi connectivity index (χ4v) is 6.51. The molecule has 2 saturated heterocycles. The lowest BCUT2D eigenvalue weighted by molar-refractivity contribution is -0.132. The van der Waals surface area contributed by atoms with Crippen molar-refractivity contribution in [3.05, 3.63) is 32.4 Å². The smallest absolute Gasteiger partial charge is 0.437 e. The van der Waals surface area contributed by atoms with Gasteiger partial charge in [-0.15, -0.1) is 4.99 Å². The van der Waals surface area contributed by atoms with Crippen molar-refractivity contribution in [1.29, 1.82) is 0 Å². The highest BCUT2D eigenvalue weighted by Crippen LogP contribution is 2.37. The van der Waals surface area contributed by atoms with E-state index < -0.39 is 38.4 Å². The van der Waals surface area contributed by atoms with Gasteiger partial charge in [0, 0.05) is 9.61 Å². The summed E-state index contributed by atoms with van der Waals surface area (Å²) in [7, 11) is -3.20. The first-order chi connectivity index (χ1) is 15.1. The second-order valence-electron chi connectivity index (χ2n) is 9.77. The number of nitrogens with zero attached hydrogens (tertiary/aromatic N) is 2. The molecule has 1 aromatic carbocycles. The average molecular weight is 610 g/mol. The van der Waals surface area contributed by atoms with E-state index >= 15 is 0 Å². The lowest BCUT2D eigenvalue weighted by Crippen LogP contribution is -2.63. The number of ether oxygens (including phenoxy) is 1. The maximum Gasteiger partial charge on any atom is 0.437 e. The van der Waals surface area contributed by atoms with Crippen LogP contribution in [0, 0.1) is 3.57 Å². The van der Waals surface area contributed by atoms with Crippen molar-refractivity contribution in [2.24, 2.45) is 4.99 Å². The van der Waals surface area contributed by atoms with Crippen LogP contribution in [0.25, 0.3) is 0 Å². The van der Waals surface area contributed by atoms with Crippen LogP contribution in [0.15, 0.2) is 23.2 Å². The number of hydrogen-bond donors (Lipinski definition) is 1. The van der Waals surface area contributed by atoms with Crippen molar-refractivity contribution in [3.8, 4) is 0 Å². The van der Waals surface area contributed by atoms with Crippen molar-refractivity contribution < 1.29 is 22.7 Å². The lowest BCUT2D eigenvalue weighted by Gasteiger charge is -2.45. The fourth-order valence-electron chi connectivity index (χ4n) is 4.16. The molecule has 8 nitrogen and oxygen atoms in total. The van der Waals surface area contributed by atoms with Crippen LogP contribution < -0.4 is 5.32 Å². The molecule has 1 aromatic rings.